The largest absolute Gasteiger partial charge is 0.368 e. The van der Waals surface area contributed by atoms with Crippen molar-refractivity contribution < 1.29 is 9.59 Å². The molecule has 0 unspecified atom stereocenters. The summed E-state index contributed by atoms with van der Waals surface area (Å²) in [5.74, 6) is 0.531. The molecule has 32 heavy (non-hydrogen) atoms. The van der Waals surface area contributed by atoms with E-state index in [1.165, 1.54) is 6.92 Å². The quantitative estimate of drug-likeness (QED) is 0.644. The van der Waals surface area contributed by atoms with E-state index in [4.69, 9.17) is 0 Å². The predicted molar refractivity (Wildman–Crippen MR) is 126 cm³/mol. The summed E-state index contributed by atoms with van der Waals surface area (Å²) in [6.07, 6.45) is 1.72. The molecule has 1 aliphatic heterocycles. The van der Waals surface area contributed by atoms with Crippen LogP contribution in [0.2, 0.25) is 0 Å². The highest BCUT2D eigenvalue weighted by molar-refractivity contribution is 5.88. The number of anilines is 4. The minimum Gasteiger partial charge on any atom is -0.368 e. The summed E-state index contributed by atoms with van der Waals surface area (Å²) in [7, 11) is 0. The third kappa shape index (κ3) is 5.21. The number of benzene rings is 2. The smallest absolute Gasteiger partial charge is 0.227 e. The number of piperazine rings is 1. The molecule has 2 amide bonds. The second-order valence-corrected chi connectivity index (χ2v) is 7.69. The van der Waals surface area contributed by atoms with E-state index in [0.29, 0.717) is 5.95 Å². The first-order chi connectivity index (χ1) is 15.5. The zero-order valence-electron chi connectivity index (χ0n) is 18.2. The van der Waals surface area contributed by atoms with Gasteiger partial charge in [0.05, 0.1) is 5.69 Å². The molecule has 4 rings (SSSR count). The van der Waals surface area contributed by atoms with E-state index < -0.39 is 0 Å². The number of nitrogens with zero attached hydrogens (tertiary/aromatic N) is 4. The maximum Gasteiger partial charge on any atom is 0.227 e. The van der Waals surface area contributed by atoms with Crippen molar-refractivity contribution in [3.05, 3.63) is 60.8 Å². The molecule has 0 saturated carbocycles. The molecule has 2 aromatic carbocycles. The molecule has 0 atom stereocenters. The molecule has 8 nitrogen and oxygen atoms in total. The minimum atomic E-state index is -0.103. The van der Waals surface area contributed by atoms with Crippen molar-refractivity contribution in [2.45, 2.75) is 13.8 Å². The van der Waals surface area contributed by atoms with Crippen molar-refractivity contribution in [3.63, 3.8) is 0 Å². The first-order valence-electron chi connectivity index (χ1n) is 10.6. The number of hydrogen-bond donors (Lipinski definition) is 2. The maximum absolute atomic E-state index is 11.6. The van der Waals surface area contributed by atoms with Gasteiger partial charge in [-0.25, -0.2) is 9.97 Å². The molecule has 0 radical (unpaired) electrons. The Bertz CT molecular complexity index is 1110. The molecular formula is C24H26N6O2. The van der Waals surface area contributed by atoms with Crippen LogP contribution in [0.15, 0.2) is 60.8 Å². The van der Waals surface area contributed by atoms with Crippen LogP contribution in [0.4, 0.5) is 23.0 Å². The molecule has 1 aromatic heterocycles. The van der Waals surface area contributed by atoms with Gasteiger partial charge in [0, 0.05) is 68.8 Å². The van der Waals surface area contributed by atoms with Gasteiger partial charge >= 0.3 is 0 Å². The number of nitrogens with one attached hydrogen (secondary N) is 2. The highest BCUT2D eigenvalue weighted by Gasteiger charge is 2.19. The van der Waals surface area contributed by atoms with Crippen LogP contribution < -0.4 is 15.5 Å². The van der Waals surface area contributed by atoms with Gasteiger partial charge < -0.3 is 20.4 Å². The van der Waals surface area contributed by atoms with E-state index in [2.05, 4.69) is 37.6 Å². The van der Waals surface area contributed by atoms with Crippen molar-refractivity contribution in [2.24, 2.45) is 0 Å². The Morgan fingerprint density at radius 3 is 2.34 bits per heavy atom. The lowest BCUT2D eigenvalue weighted by Gasteiger charge is -2.35. The summed E-state index contributed by atoms with van der Waals surface area (Å²) in [6, 6.07) is 17.5. The Balaban J connectivity index is 1.45. The highest BCUT2D eigenvalue weighted by atomic mass is 16.2. The van der Waals surface area contributed by atoms with Crippen molar-refractivity contribution in [1.29, 1.82) is 0 Å². The molecule has 164 valence electrons. The maximum atomic E-state index is 11.6. The summed E-state index contributed by atoms with van der Waals surface area (Å²) in [5, 5.41) is 6.05. The van der Waals surface area contributed by atoms with E-state index in [-0.39, 0.29) is 11.8 Å². The monoisotopic (exact) mass is 430 g/mol. The van der Waals surface area contributed by atoms with Crippen LogP contribution in [0.25, 0.3) is 11.3 Å². The molecule has 2 heterocycles. The van der Waals surface area contributed by atoms with E-state index in [0.717, 1.165) is 54.5 Å². The third-order valence-corrected chi connectivity index (χ3v) is 5.35. The average molecular weight is 431 g/mol. The van der Waals surface area contributed by atoms with Gasteiger partial charge in [-0.3, -0.25) is 9.59 Å². The van der Waals surface area contributed by atoms with Crippen LogP contribution in [0.5, 0.6) is 0 Å². The Hall–Kier alpha value is -3.94. The van der Waals surface area contributed by atoms with Crippen LogP contribution in [0.3, 0.4) is 0 Å². The SMILES string of the molecule is CC(=O)Nc1ccc(-c2ccnc(Nc3cccc(N4CCN(C(C)=O)CC4)c3)n2)cc1. The zero-order valence-corrected chi connectivity index (χ0v) is 18.2. The van der Waals surface area contributed by atoms with Gasteiger partial charge in [-0.1, -0.05) is 18.2 Å². The van der Waals surface area contributed by atoms with Gasteiger partial charge in [-0.15, -0.1) is 0 Å². The number of carbonyl (C=O) groups is 2. The number of aromatic nitrogens is 2. The van der Waals surface area contributed by atoms with Crippen molar-refractivity contribution >= 4 is 34.8 Å². The molecule has 1 saturated heterocycles. The fourth-order valence-electron chi connectivity index (χ4n) is 3.70. The van der Waals surface area contributed by atoms with Gasteiger partial charge in [0.1, 0.15) is 0 Å². The first-order valence-corrected chi connectivity index (χ1v) is 10.6. The van der Waals surface area contributed by atoms with Crippen LogP contribution in [-0.4, -0.2) is 52.9 Å². The van der Waals surface area contributed by atoms with Crippen molar-refractivity contribution in [2.75, 3.05) is 41.7 Å². The molecule has 0 bridgehead atoms. The minimum absolute atomic E-state index is 0.103. The summed E-state index contributed by atoms with van der Waals surface area (Å²) in [6.45, 7) is 6.19. The lowest BCUT2D eigenvalue weighted by molar-refractivity contribution is -0.129. The van der Waals surface area contributed by atoms with Crippen LogP contribution in [-0.2, 0) is 9.59 Å². The Morgan fingerprint density at radius 2 is 1.66 bits per heavy atom. The summed E-state index contributed by atoms with van der Waals surface area (Å²) in [5.41, 5.74) is 4.46. The second kappa shape index (κ2) is 9.47. The van der Waals surface area contributed by atoms with E-state index >= 15 is 0 Å². The number of rotatable bonds is 5. The average Bonchev–Trinajstić information content (AvgIpc) is 2.80. The van der Waals surface area contributed by atoms with E-state index in [9.17, 15) is 9.59 Å². The lowest BCUT2D eigenvalue weighted by Crippen LogP contribution is -2.48. The third-order valence-electron chi connectivity index (χ3n) is 5.35. The van der Waals surface area contributed by atoms with Crippen LogP contribution in [0, 0.1) is 0 Å². The van der Waals surface area contributed by atoms with Gasteiger partial charge in [-0.05, 0) is 36.4 Å². The number of amides is 2. The van der Waals surface area contributed by atoms with Crippen LogP contribution in [0.1, 0.15) is 13.8 Å². The highest BCUT2D eigenvalue weighted by Crippen LogP contribution is 2.24. The molecule has 0 aliphatic carbocycles. The van der Waals surface area contributed by atoms with E-state index in [1.807, 2.05) is 47.4 Å². The first kappa shape index (κ1) is 21.3. The van der Waals surface area contributed by atoms with E-state index in [1.54, 1.807) is 13.1 Å². The second-order valence-electron chi connectivity index (χ2n) is 7.69. The number of carbonyl (C=O) groups excluding carboxylic acids is 2. The number of hydrogen-bond acceptors (Lipinski definition) is 6. The lowest BCUT2D eigenvalue weighted by atomic mass is 10.1. The molecule has 1 fully saturated rings. The fourth-order valence-corrected chi connectivity index (χ4v) is 3.70. The molecule has 3 aromatic rings. The van der Waals surface area contributed by atoms with Gasteiger partial charge in [0.15, 0.2) is 0 Å². The van der Waals surface area contributed by atoms with Gasteiger partial charge in [0.2, 0.25) is 17.8 Å². The summed E-state index contributed by atoms with van der Waals surface area (Å²) >= 11 is 0. The van der Waals surface area contributed by atoms with Crippen molar-refractivity contribution in [1.82, 2.24) is 14.9 Å². The Kier molecular flexibility index (Phi) is 6.30. The zero-order chi connectivity index (χ0) is 22.5. The summed E-state index contributed by atoms with van der Waals surface area (Å²) < 4.78 is 0. The molecule has 2 N–H and O–H groups in total. The predicted octanol–water partition coefficient (Wildman–Crippen LogP) is 3.51. The molecular weight excluding hydrogens is 404 g/mol. The topological polar surface area (TPSA) is 90.5 Å². The molecule has 8 heteroatoms. The normalized spacial score (nSPS) is 13.6. The van der Waals surface area contributed by atoms with Crippen molar-refractivity contribution in [3.8, 4) is 11.3 Å². The Morgan fingerprint density at radius 1 is 0.906 bits per heavy atom. The Labute approximate surface area is 187 Å². The van der Waals surface area contributed by atoms with Gasteiger partial charge in [-0.2, -0.15) is 0 Å². The van der Waals surface area contributed by atoms with Crippen LogP contribution >= 0.6 is 0 Å². The van der Waals surface area contributed by atoms with Gasteiger partial charge in [0.25, 0.3) is 0 Å². The fraction of sp³-hybridized carbons (Fsp3) is 0.250. The summed E-state index contributed by atoms with van der Waals surface area (Å²) in [4.78, 5) is 35.9. The molecule has 0 spiro atoms. The molecule has 1 aliphatic rings. The standard InChI is InChI=1S/C24H26N6O2/c1-17(31)26-20-8-6-19(7-9-20)23-10-11-25-24(28-23)27-21-4-3-5-22(16-21)30-14-12-29(13-15-30)18(2)32/h3-11,16H,12-15H2,1-2H3,(H,26,31)(H,25,27,28).